The molecule has 1 amide bonds. The summed E-state index contributed by atoms with van der Waals surface area (Å²) in [4.78, 5) is 29.4. The van der Waals surface area contributed by atoms with Crippen molar-refractivity contribution in [3.8, 4) is 11.5 Å². The van der Waals surface area contributed by atoms with E-state index in [-0.39, 0.29) is 17.4 Å². The van der Waals surface area contributed by atoms with E-state index < -0.39 is 17.7 Å². The Hall–Kier alpha value is -3.32. The molecule has 3 rings (SSSR count). The number of ether oxygens (including phenoxy) is 2. The molecule has 1 aliphatic rings. The Balaban J connectivity index is 2.06. The third kappa shape index (κ3) is 4.94. The molecule has 0 spiro atoms. The molecule has 1 saturated heterocycles. The van der Waals surface area contributed by atoms with Gasteiger partial charge in [0.15, 0.2) is 0 Å². The summed E-state index contributed by atoms with van der Waals surface area (Å²) in [6, 6.07) is 13.3. The summed E-state index contributed by atoms with van der Waals surface area (Å²) in [6.45, 7) is 4.79. The maximum atomic E-state index is 13.0. The summed E-state index contributed by atoms with van der Waals surface area (Å²) in [5.74, 6) is -0.180. The highest BCUT2D eigenvalue weighted by Crippen LogP contribution is 2.39. The van der Waals surface area contributed by atoms with E-state index in [2.05, 4.69) is 0 Å². The SMILES string of the molecule is COc1ccc(C2/C(=C(\O)c3ccc(OC(C)C)cc3)C(=O)C(=O)N2CCN(C)C)cc1. The van der Waals surface area contributed by atoms with Crippen LogP contribution >= 0.6 is 0 Å². The van der Waals surface area contributed by atoms with Crippen molar-refractivity contribution in [2.45, 2.75) is 26.0 Å². The van der Waals surface area contributed by atoms with Gasteiger partial charge in [-0.1, -0.05) is 12.1 Å². The van der Waals surface area contributed by atoms with Gasteiger partial charge in [-0.2, -0.15) is 0 Å². The van der Waals surface area contributed by atoms with E-state index in [1.54, 1.807) is 43.5 Å². The molecule has 0 radical (unpaired) electrons. The molecule has 1 atom stereocenters. The number of carbonyl (C=O) groups is 2. The molecular formula is C25H30N2O5. The lowest BCUT2D eigenvalue weighted by Crippen LogP contribution is -2.35. The summed E-state index contributed by atoms with van der Waals surface area (Å²) in [5, 5.41) is 11.1. The molecule has 1 aliphatic heterocycles. The zero-order chi connectivity index (χ0) is 23.4. The number of likely N-dealkylation sites (tertiary alicyclic amines) is 1. The third-order valence-electron chi connectivity index (χ3n) is 5.26. The van der Waals surface area contributed by atoms with E-state index in [1.807, 2.05) is 45.0 Å². The number of methoxy groups -OCH3 is 1. The Labute approximate surface area is 188 Å². The number of rotatable bonds is 8. The zero-order valence-corrected chi connectivity index (χ0v) is 19.2. The van der Waals surface area contributed by atoms with Gasteiger partial charge in [0, 0.05) is 18.7 Å². The summed E-state index contributed by atoms with van der Waals surface area (Å²) < 4.78 is 10.9. The third-order valence-corrected chi connectivity index (χ3v) is 5.26. The summed E-state index contributed by atoms with van der Waals surface area (Å²) in [6.07, 6.45) is 0.0199. The number of benzene rings is 2. The van der Waals surface area contributed by atoms with E-state index in [0.29, 0.717) is 30.2 Å². The number of ketones is 1. The minimum Gasteiger partial charge on any atom is -0.507 e. The van der Waals surface area contributed by atoms with E-state index in [4.69, 9.17) is 9.47 Å². The molecule has 1 heterocycles. The molecule has 1 unspecified atom stereocenters. The number of nitrogens with zero attached hydrogens (tertiary/aromatic N) is 2. The van der Waals surface area contributed by atoms with Crippen LogP contribution in [0.3, 0.4) is 0 Å². The highest BCUT2D eigenvalue weighted by Gasteiger charge is 2.45. The molecule has 1 fully saturated rings. The largest absolute Gasteiger partial charge is 0.507 e. The van der Waals surface area contributed by atoms with Gasteiger partial charge >= 0.3 is 0 Å². The monoisotopic (exact) mass is 438 g/mol. The first-order chi connectivity index (χ1) is 15.2. The minimum absolute atomic E-state index is 0.0199. The summed E-state index contributed by atoms with van der Waals surface area (Å²) in [5.41, 5.74) is 1.26. The number of likely N-dealkylation sites (N-methyl/N-ethyl adjacent to an activating group) is 1. The van der Waals surface area contributed by atoms with Gasteiger partial charge in [0.05, 0.1) is 24.8 Å². The van der Waals surface area contributed by atoms with Crippen molar-refractivity contribution in [1.29, 1.82) is 0 Å². The van der Waals surface area contributed by atoms with Crippen LogP contribution in [-0.4, -0.2) is 67.0 Å². The van der Waals surface area contributed by atoms with Gasteiger partial charge in [0.2, 0.25) is 0 Å². The van der Waals surface area contributed by atoms with Crippen LogP contribution in [0.25, 0.3) is 5.76 Å². The lowest BCUT2D eigenvalue weighted by molar-refractivity contribution is -0.140. The summed E-state index contributed by atoms with van der Waals surface area (Å²) in [7, 11) is 5.38. The van der Waals surface area contributed by atoms with Crippen LogP contribution in [0.2, 0.25) is 0 Å². The first kappa shape index (κ1) is 23.3. The first-order valence-electron chi connectivity index (χ1n) is 10.6. The molecule has 170 valence electrons. The molecule has 32 heavy (non-hydrogen) atoms. The van der Waals surface area contributed by atoms with Gasteiger partial charge in [-0.25, -0.2) is 0 Å². The number of amides is 1. The smallest absolute Gasteiger partial charge is 0.295 e. The second kappa shape index (κ2) is 9.87. The molecule has 0 aromatic heterocycles. The number of hydrogen-bond acceptors (Lipinski definition) is 6. The minimum atomic E-state index is -0.690. The first-order valence-corrected chi connectivity index (χ1v) is 10.6. The zero-order valence-electron chi connectivity index (χ0n) is 19.2. The van der Waals surface area contributed by atoms with Crippen LogP contribution in [0.1, 0.15) is 31.0 Å². The number of aliphatic hydroxyl groups is 1. The normalized spacial score (nSPS) is 18.0. The Morgan fingerprint density at radius 3 is 2.16 bits per heavy atom. The molecule has 0 bridgehead atoms. The molecule has 7 nitrogen and oxygen atoms in total. The van der Waals surface area contributed by atoms with Crippen molar-refractivity contribution >= 4 is 17.4 Å². The maximum absolute atomic E-state index is 13.0. The second-order valence-corrected chi connectivity index (χ2v) is 8.26. The highest BCUT2D eigenvalue weighted by molar-refractivity contribution is 6.46. The lowest BCUT2D eigenvalue weighted by Gasteiger charge is -2.26. The predicted molar refractivity (Wildman–Crippen MR) is 123 cm³/mol. The molecule has 0 saturated carbocycles. The van der Waals surface area contributed by atoms with Gasteiger partial charge in [0.25, 0.3) is 11.7 Å². The van der Waals surface area contributed by atoms with Gasteiger partial charge in [-0.05, 0) is 69.9 Å². The number of Topliss-reactive ketones (excluding diaryl/α,β-unsaturated/α-hetero) is 1. The fourth-order valence-corrected chi connectivity index (χ4v) is 3.67. The fourth-order valence-electron chi connectivity index (χ4n) is 3.67. The highest BCUT2D eigenvalue weighted by atomic mass is 16.5. The molecule has 7 heteroatoms. The fraction of sp³-hybridized carbons (Fsp3) is 0.360. The van der Waals surface area contributed by atoms with Gasteiger partial charge in [-0.3, -0.25) is 9.59 Å². The second-order valence-electron chi connectivity index (χ2n) is 8.26. The van der Waals surface area contributed by atoms with Crippen LogP contribution in [0.5, 0.6) is 11.5 Å². The maximum Gasteiger partial charge on any atom is 0.295 e. The topological polar surface area (TPSA) is 79.3 Å². The Morgan fingerprint density at radius 1 is 1.03 bits per heavy atom. The lowest BCUT2D eigenvalue weighted by atomic mass is 9.95. The molecule has 2 aromatic carbocycles. The average Bonchev–Trinajstić information content (AvgIpc) is 3.02. The van der Waals surface area contributed by atoms with Crippen molar-refractivity contribution in [1.82, 2.24) is 9.80 Å². The Kier molecular flexibility index (Phi) is 7.20. The van der Waals surface area contributed by atoms with Gasteiger partial charge in [-0.15, -0.1) is 0 Å². The van der Waals surface area contributed by atoms with Crippen LogP contribution in [0, 0.1) is 0 Å². The van der Waals surface area contributed by atoms with Gasteiger partial charge < -0.3 is 24.4 Å². The van der Waals surface area contributed by atoms with Crippen LogP contribution in [0.4, 0.5) is 0 Å². The quantitative estimate of drug-likeness (QED) is 0.386. The van der Waals surface area contributed by atoms with E-state index in [0.717, 1.165) is 5.56 Å². The number of aliphatic hydroxyl groups excluding tert-OH is 1. The van der Waals surface area contributed by atoms with E-state index >= 15 is 0 Å². The summed E-state index contributed by atoms with van der Waals surface area (Å²) >= 11 is 0. The van der Waals surface area contributed by atoms with Crippen LogP contribution in [-0.2, 0) is 9.59 Å². The Bertz CT molecular complexity index is 994. The van der Waals surface area contributed by atoms with Gasteiger partial charge in [0.1, 0.15) is 17.3 Å². The van der Waals surface area contributed by atoms with Crippen molar-refractivity contribution in [3.05, 3.63) is 65.2 Å². The van der Waals surface area contributed by atoms with Crippen molar-refractivity contribution in [3.63, 3.8) is 0 Å². The predicted octanol–water partition coefficient (Wildman–Crippen LogP) is 3.47. The Morgan fingerprint density at radius 2 is 1.62 bits per heavy atom. The van der Waals surface area contributed by atoms with Crippen LogP contribution < -0.4 is 9.47 Å². The molecule has 2 aromatic rings. The molecule has 1 N–H and O–H groups in total. The number of carbonyl (C=O) groups excluding carboxylic acids is 2. The average molecular weight is 439 g/mol. The molecular weight excluding hydrogens is 408 g/mol. The number of hydrogen-bond donors (Lipinski definition) is 1. The van der Waals surface area contributed by atoms with E-state index in [1.165, 1.54) is 4.90 Å². The van der Waals surface area contributed by atoms with Crippen molar-refractivity contribution < 1.29 is 24.2 Å². The van der Waals surface area contributed by atoms with Crippen molar-refractivity contribution in [2.75, 3.05) is 34.3 Å². The van der Waals surface area contributed by atoms with E-state index in [9.17, 15) is 14.7 Å². The standard InChI is InChI=1S/C25H30N2O5/c1-16(2)32-20-12-8-18(9-13-20)23(28)21-22(17-6-10-19(31-5)11-7-17)27(15-14-26(3)4)25(30)24(21)29/h6-13,16,22,28H,14-15H2,1-5H3/b23-21+. The molecule has 0 aliphatic carbocycles. The van der Waals surface area contributed by atoms with Crippen LogP contribution in [0.15, 0.2) is 54.1 Å². The van der Waals surface area contributed by atoms with Crippen molar-refractivity contribution in [2.24, 2.45) is 0 Å².